The lowest BCUT2D eigenvalue weighted by atomic mass is 10.2. The Hall–Kier alpha value is -0.473. The third-order valence-electron chi connectivity index (χ3n) is 3.78. The molecule has 2 atom stereocenters. The van der Waals surface area contributed by atoms with Gasteiger partial charge in [0.25, 0.3) is 0 Å². The van der Waals surface area contributed by atoms with Crippen LogP contribution in [0.2, 0.25) is 0 Å². The van der Waals surface area contributed by atoms with Crippen molar-refractivity contribution in [1.82, 2.24) is 4.90 Å². The second-order valence-electron chi connectivity index (χ2n) is 5.04. The first-order valence-corrected chi connectivity index (χ1v) is 9.05. The SMILES string of the molecule is CCC(N(Cc1ccccc1)C(C)N)[Si](OC)(OC)OC.Cl. The number of hydrogen-bond donors (Lipinski definition) is 1. The van der Waals surface area contributed by atoms with Crippen molar-refractivity contribution in [2.24, 2.45) is 5.73 Å². The summed E-state index contributed by atoms with van der Waals surface area (Å²) in [6, 6.07) is 10.3. The zero-order valence-corrected chi connectivity index (χ0v) is 15.9. The van der Waals surface area contributed by atoms with E-state index in [0.29, 0.717) is 0 Å². The van der Waals surface area contributed by atoms with Crippen molar-refractivity contribution < 1.29 is 13.3 Å². The van der Waals surface area contributed by atoms with Crippen molar-refractivity contribution in [3.63, 3.8) is 0 Å². The zero-order chi connectivity index (χ0) is 15.9. The fourth-order valence-electron chi connectivity index (χ4n) is 2.68. The summed E-state index contributed by atoms with van der Waals surface area (Å²) < 4.78 is 17.0. The zero-order valence-electron chi connectivity index (χ0n) is 14.1. The van der Waals surface area contributed by atoms with Crippen molar-refractivity contribution in [2.75, 3.05) is 21.3 Å². The van der Waals surface area contributed by atoms with Crippen LogP contribution in [0.15, 0.2) is 30.3 Å². The van der Waals surface area contributed by atoms with Gasteiger partial charge >= 0.3 is 8.80 Å². The van der Waals surface area contributed by atoms with Gasteiger partial charge in [-0.1, -0.05) is 37.3 Å². The Morgan fingerprint density at radius 1 is 1.09 bits per heavy atom. The topological polar surface area (TPSA) is 57.0 Å². The minimum Gasteiger partial charge on any atom is -0.376 e. The van der Waals surface area contributed by atoms with E-state index < -0.39 is 8.80 Å². The molecule has 1 rings (SSSR count). The van der Waals surface area contributed by atoms with Crippen molar-refractivity contribution >= 4 is 21.2 Å². The molecule has 1 aromatic rings. The summed E-state index contributed by atoms with van der Waals surface area (Å²) in [6.07, 6.45) is 0.721. The van der Waals surface area contributed by atoms with E-state index in [-0.39, 0.29) is 24.2 Å². The first kappa shape index (κ1) is 21.5. The van der Waals surface area contributed by atoms with E-state index in [1.54, 1.807) is 21.3 Å². The number of halogens is 1. The Balaban J connectivity index is 0.00000441. The Morgan fingerprint density at radius 2 is 1.59 bits per heavy atom. The van der Waals surface area contributed by atoms with E-state index in [1.165, 1.54) is 5.56 Å². The van der Waals surface area contributed by atoms with Gasteiger partial charge in [0.2, 0.25) is 0 Å². The van der Waals surface area contributed by atoms with Crippen molar-refractivity contribution in [2.45, 2.75) is 38.6 Å². The molecule has 2 unspecified atom stereocenters. The van der Waals surface area contributed by atoms with Crippen LogP contribution < -0.4 is 5.73 Å². The molecule has 0 radical (unpaired) electrons. The molecular weight excluding hydrogens is 320 g/mol. The minimum atomic E-state index is -2.78. The normalized spacial score (nSPS) is 14.5. The van der Waals surface area contributed by atoms with Gasteiger partial charge in [0.05, 0.1) is 11.8 Å². The standard InChI is InChI=1S/C15H28N2O3Si.ClH/c1-6-15(21(18-3,19-4)20-5)17(13(2)16)12-14-10-8-7-9-11-14;/h7-11,13,15H,6,12,16H2,1-5H3;1H. The minimum absolute atomic E-state index is 0. The molecule has 5 nitrogen and oxygen atoms in total. The molecule has 0 aliphatic heterocycles. The van der Waals surface area contributed by atoms with Crippen molar-refractivity contribution in [3.8, 4) is 0 Å². The maximum atomic E-state index is 6.20. The number of hydrogen-bond acceptors (Lipinski definition) is 5. The van der Waals surface area contributed by atoms with Gasteiger partial charge in [-0.25, -0.2) is 0 Å². The highest BCUT2D eigenvalue weighted by Crippen LogP contribution is 2.23. The molecule has 0 fully saturated rings. The third kappa shape index (κ3) is 5.02. The summed E-state index contributed by atoms with van der Waals surface area (Å²) in [5.74, 6) is 0. The van der Waals surface area contributed by atoms with Crippen LogP contribution in [-0.2, 0) is 19.8 Å². The lowest BCUT2D eigenvalue weighted by Crippen LogP contribution is -2.63. The fraction of sp³-hybridized carbons (Fsp3) is 0.600. The van der Waals surface area contributed by atoms with Gasteiger partial charge in [-0.2, -0.15) is 0 Å². The molecule has 2 N–H and O–H groups in total. The molecule has 0 aliphatic carbocycles. The highest BCUT2D eigenvalue weighted by atomic mass is 35.5. The van der Waals surface area contributed by atoms with Crippen molar-refractivity contribution in [3.05, 3.63) is 35.9 Å². The Morgan fingerprint density at radius 3 is 1.95 bits per heavy atom. The van der Waals surface area contributed by atoms with Gasteiger partial charge in [0, 0.05) is 27.9 Å². The Labute approximate surface area is 141 Å². The predicted octanol–water partition coefficient (Wildman–Crippen LogP) is 2.41. The Kier molecular flexibility index (Phi) is 10.1. The van der Waals surface area contributed by atoms with E-state index in [4.69, 9.17) is 19.0 Å². The predicted molar refractivity (Wildman–Crippen MR) is 93.7 cm³/mol. The molecule has 0 bridgehead atoms. The Bertz CT molecular complexity index is 397. The number of nitrogens with two attached hydrogens (primary N) is 1. The highest BCUT2D eigenvalue weighted by Gasteiger charge is 2.50. The van der Waals surface area contributed by atoms with Gasteiger partial charge < -0.3 is 19.0 Å². The molecule has 0 spiro atoms. The summed E-state index contributed by atoms with van der Waals surface area (Å²) in [4.78, 5) is 2.19. The summed E-state index contributed by atoms with van der Waals surface area (Å²) >= 11 is 0. The molecule has 0 aliphatic rings. The van der Waals surface area contributed by atoms with E-state index in [1.807, 2.05) is 25.1 Å². The molecular formula is C15H29ClN2O3Si. The average Bonchev–Trinajstić information content (AvgIpc) is 2.52. The second kappa shape index (κ2) is 10.3. The van der Waals surface area contributed by atoms with Crippen LogP contribution in [0.25, 0.3) is 0 Å². The van der Waals surface area contributed by atoms with Crippen LogP contribution in [0, 0.1) is 0 Å². The maximum Gasteiger partial charge on any atom is 0.518 e. The monoisotopic (exact) mass is 348 g/mol. The lowest BCUT2D eigenvalue weighted by molar-refractivity contribution is 0.0557. The molecule has 7 heteroatoms. The van der Waals surface area contributed by atoms with Crippen LogP contribution >= 0.6 is 12.4 Å². The molecule has 128 valence electrons. The van der Waals surface area contributed by atoms with Gasteiger partial charge in [0.1, 0.15) is 0 Å². The summed E-state index contributed by atoms with van der Waals surface area (Å²) in [5, 5.41) is 0. The number of nitrogens with zero attached hydrogens (tertiary/aromatic N) is 1. The number of benzene rings is 1. The second-order valence-corrected chi connectivity index (χ2v) is 8.14. The molecule has 0 amide bonds. The molecule has 0 heterocycles. The van der Waals surface area contributed by atoms with E-state index in [9.17, 15) is 0 Å². The van der Waals surface area contributed by atoms with Crippen LogP contribution in [-0.4, -0.2) is 46.9 Å². The molecule has 0 aromatic heterocycles. The molecule has 0 saturated heterocycles. The first-order valence-electron chi connectivity index (χ1n) is 7.25. The first-order chi connectivity index (χ1) is 10.0. The van der Waals surface area contributed by atoms with Gasteiger partial charge in [-0.05, 0) is 18.9 Å². The van der Waals surface area contributed by atoms with Gasteiger partial charge in [-0.15, -0.1) is 12.4 Å². The van der Waals surface area contributed by atoms with Crippen LogP contribution in [0.1, 0.15) is 25.8 Å². The highest BCUT2D eigenvalue weighted by molar-refractivity contribution is 6.62. The summed E-state index contributed by atoms with van der Waals surface area (Å²) in [7, 11) is 2.15. The fourth-order valence-corrected chi connectivity index (χ4v) is 5.23. The lowest BCUT2D eigenvalue weighted by Gasteiger charge is -2.41. The van der Waals surface area contributed by atoms with E-state index in [0.717, 1.165) is 13.0 Å². The van der Waals surface area contributed by atoms with Gasteiger partial charge in [0.15, 0.2) is 0 Å². The molecule has 22 heavy (non-hydrogen) atoms. The van der Waals surface area contributed by atoms with E-state index in [2.05, 4.69) is 24.0 Å². The summed E-state index contributed by atoms with van der Waals surface area (Å²) in [6.45, 7) is 4.82. The van der Waals surface area contributed by atoms with Crippen molar-refractivity contribution in [1.29, 1.82) is 0 Å². The van der Waals surface area contributed by atoms with Crippen LogP contribution in [0.5, 0.6) is 0 Å². The summed E-state index contributed by atoms with van der Waals surface area (Å²) in [5.41, 5.74) is 7.42. The van der Waals surface area contributed by atoms with Gasteiger partial charge in [-0.3, -0.25) is 4.90 Å². The maximum absolute atomic E-state index is 6.20. The average molecular weight is 349 g/mol. The third-order valence-corrected chi connectivity index (χ3v) is 7.04. The quantitative estimate of drug-likeness (QED) is 0.548. The number of rotatable bonds is 9. The largest absolute Gasteiger partial charge is 0.518 e. The van der Waals surface area contributed by atoms with Crippen LogP contribution in [0.4, 0.5) is 0 Å². The molecule has 1 aromatic carbocycles. The van der Waals surface area contributed by atoms with Crippen LogP contribution in [0.3, 0.4) is 0 Å². The molecule has 0 saturated carbocycles. The smallest absolute Gasteiger partial charge is 0.376 e. The van der Waals surface area contributed by atoms with E-state index >= 15 is 0 Å².